The van der Waals surface area contributed by atoms with Crippen molar-refractivity contribution in [1.82, 2.24) is 24.6 Å². The summed E-state index contributed by atoms with van der Waals surface area (Å²) in [5.74, 6) is -0.137. The zero-order valence-electron chi connectivity index (χ0n) is 16.8. The maximum Gasteiger partial charge on any atom is 0.283 e. The lowest BCUT2D eigenvalue weighted by atomic mass is 10.1. The number of H-pyrrole nitrogens is 2. The molecule has 0 bridgehead atoms. The average Bonchev–Trinajstić information content (AvgIpc) is 3.31. The fourth-order valence-corrected chi connectivity index (χ4v) is 4.58. The molecule has 1 fully saturated rings. The van der Waals surface area contributed by atoms with E-state index in [9.17, 15) is 9.59 Å². The first kappa shape index (κ1) is 19.5. The van der Waals surface area contributed by atoms with Crippen LogP contribution in [0.4, 0.5) is 0 Å². The van der Waals surface area contributed by atoms with E-state index in [1.807, 2.05) is 31.2 Å². The number of amides is 1. The molecular formula is C21H20N6O3S. The summed E-state index contributed by atoms with van der Waals surface area (Å²) in [7, 11) is 0. The molecule has 1 amide bonds. The summed E-state index contributed by atoms with van der Waals surface area (Å²) in [5, 5.41) is 13.1. The minimum absolute atomic E-state index is 0.00518. The maximum atomic E-state index is 12.7. The van der Waals surface area contributed by atoms with E-state index in [1.165, 1.54) is 10.8 Å². The number of fused-ring (bicyclic) bond motifs is 2. The Labute approximate surface area is 179 Å². The summed E-state index contributed by atoms with van der Waals surface area (Å²) in [4.78, 5) is 34.3. The zero-order chi connectivity index (χ0) is 21.5. The van der Waals surface area contributed by atoms with Gasteiger partial charge < -0.3 is 14.6 Å². The molecule has 3 aliphatic heterocycles. The first-order chi connectivity index (χ1) is 15.0. The van der Waals surface area contributed by atoms with Gasteiger partial charge in [0.05, 0.1) is 18.4 Å². The van der Waals surface area contributed by atoms with Gasteiger partial charge in [-0.2, -0.15) is 4.98 Å². The molecule has 0 radical (unpaired) electrons. The molecule has 10 heteroatoms. The van der Waals surface area contributed by atoms with Crippen molar-refractivity contribution < 1.29 is 9.53 Å². The third-order valence-corrected chi connectivity index (χ3v) is 6.22. The molecule has 4 heterocycles. The number of aryl methyl sites for hydroxylation is 1. The standard InChI is InChI=1S/C21H20N6O3S/c1-12-14(13-4-2-3-5-16(13)23-12)10-15-19(22)27-21(24-20(15)29)31-17(25-27)11-18(28)26-6-8-30-9-7-26/h2-5,10-11,22-23,25H,6-9H2,1H3/b15-10-,17-11+,22-19?. The van der Waals surface area contributed by atoms with Crippen LogP contribution in [0, 0.1) is 12.3 Å². The first-order valence-electron chi connectivity index (χ1n) is 9.85. The number of carbonyl (C=O) groups is 1. The Kier molecular flexibility index (Phi) is 4.79. The number of hydrogen-bond donors (Lipinski definition) is 3. The molecule has 0 saturated carbocycles. The van der Waals surface area contributed by atoms with Gasteiger partial charge in [0.2, 0.25) is 11.0 Å². The number of rotatable bonds is 2. The number of ether oxygens (including phenoxy) is 1. The van der Waals surface area contributed by atoms with Crippen LogP contribution < -0.4 is 20.9 Å². The number of aromatic nitrogens is 4. The molecule has 0 spiro atoms. The van der Waals surface area contributed by atoms with Gasteiger partial charge in [-0.1, -0.05) is 29.5 Å². The Morgan fingerprint density at radius 3 is 2.87 bits per heavy atom. The summed E-state index contributed by atoms with van der Waals surface area (Å²) in [5.41, 5.74) is 2.25. The van der Waals surface area contributed by atoms with Crippen molar-refractivity contribution in [1.29, 1.82) is 5.41 Å². The number of benzene rings is 1. The minimum atomic E-state index is -0.476. The molecule has 9 nitrogen and oxygen atoms in total. The van der Waals surface area contributed by atoms with E-state index in [-0.39, 0.29) is 16.6 Å². The van der Waals surface area contributed by atoms with E-state index in [0.717, 1.165) is 33.5 Å². The number of hydrogen-bond acceptors (Lipinski definition) is 6. The quantitative estimate of drug-likeness (QED) is 0.403. The number of carbonyl (C=O) groups excluding carboxylic acids is 1. The van der Waals surface area contributed by atoms with Gasteiger partial charge in [0.1, 0.15) is 4.66 Å². The van der Waals surface area contributed by atoms with Gasteiger partial charge >= 0.3 is 0 Å². The SMILES string of the molecule is Cc1[nH]c2ccccc2c1/C=c1\c(=O)nc2s/c(=C/C(=O)N3CCOCC3)[nH]n-2c1=N. The summed E-state index contributed by atoms with van der Waals surface area (Å²) in [6.45, 7) is 4.07. The van der Waals surface area contributed by atoms with Crippen molar-refractivity contribution in [2.45, 2.75) is 6.92 Å². The van der Waals surface area contributed by atoms with E-state index >= 15 is 0 Å². The molecule has 2 aromatic rings. The number of nitrogens with one attached hydrogen (secondary N) is 3. The molecule has 3 aliphatic rings. The van der Waals surface area contributed by atoms with Crippen LogP contribution in [-0.4, -0.2) is 56.9 Å². The zero-order valence-corrected chi connectivity index (χ0v) is 17.6. The molecule has 1 aromatic heterocycles. The van der Waals surface area contributed by atoms with Crippen molar-refractivity contribution in [2.75, 3.05) is 26.3 Å². The summed E-state index contributed by atoms with van der Waals surface area (Å²) >= 11 is 1.16. The van der Waals surface area contributed by atoms with Gasteiger partial charge in [-0.3, -0.25) is 20.1 Å². The minimum Gasteiger partial charge on any atom is -0.378 e. The molecule has 0 atom stereocenters. The number of morpholine rings is 1. The fraction of sp³-hybridized carbons (Fsp3) is 0.238. The number of nitrogens with zero attached hydrogens (tertiary/aromatic N) is 3. The molecule has 1 saturated heterocycles. The summed E-state index contributed by atoms with van der Waals surface area (Å²) in [6.07, 6.45) is 3.17. The third kappa shape index (κ3) is 3.49. The van der Waals surface area contributed by atoms with Crippen molar-refractivity contribution in [2.24, 2.45) is 0 Å². The van der Waals surface area contributed by atoms with Crippen LogP contribution in [0.15, 0.2) is 29.1 Å². The van der Waals surface area contributed by atoms with E-state index in [4.69, 9.17) is 10.1 Å². The Bertz CT molecular complexity index is 1500. The number of para-hydroxylation sites is 1. The largest absolute Gasteiger partial charge is 0.378 e. The molecule has 31 heavy (non-hydrogen) atoms. The van der Waals surface area contributed by atoms with Crippen LogP contribution >= 0.6 is 11.3 Å². The van der Waals surface area contributed by atoms with Crippen LogP contribution in [0.1, 0.15) is 11.3 Å². The molecule has 158 valence electrons. The lowest BCUT2D eigenvalue weighted by Gasteiger charge is -2.25. The average molecular weight is 436 g/mol. The van der Waals surface area contributed by atoms with E-state index in [2.05, 4.69) is 15.1 Å². The highest BCUT2D eigenvalue weighted by atomic mass is 32.1. The summed E-state index contributed by atoms with van der Waals surface area (Å²) < 4.78 is 7.23. The fourth-order valence-electron chi connectivity index (χ4n) is 3.73. The van der Waals surface area contributed by atoms with Gasteiger partial charge in [0.25, 0.3) is 5.56 Å². The lowest BCUT2D eigenvalue weighted by molar-refractivity contribution is -0.128. The normalized spacial score (nSPS) is 16.0. The molecular weight excluding hydrogens is 416 g/mol. The number of aromatic amines is 2. The van der Waals surface area contributed by atoms with Crippen molar-refractivity contribution in [3.05, 3.63) is 61.2 Å². The predicted octanol–water partition coefficient (Wildman–Crippen LogP) is -0.203. The van der Waals surface area contributed by atoms with Crippen LogP contribution in [0.2, 0.25) is 0 Å². The first-order valence-corrected chi connectivity index (χ1v) is 10.7. The second-order valence-corrected chi connectivity index (χ2v) is 8.32. The highest BCUT2D eigenvalue weighted by molar-refractivity contribution is 7.11. The van der Waals surface area contributed by atoms with Crippen LogP contribution in [0.3, 0.4) is 0 Å². The van der Waals surface area contributed by atoms with E-state index in [1.54, 1.807) is 11.0 Å². The molecule has 0 unspecified atom stereocenters. The molecule has 0 aliphatic carbocycles. The van der Waals surface area contributed by atoms with Crippen LogP contribution in [-0.2, 0) is 9.53 Å². The second-order valence-electron chi connectivity index (χ2n) is 7.31. The van der Waals surface area contributed by atoms with Crippen molar-refractivity contribution in [3.8, 4) is 5.13 Å². The lowest BCUT2D eigenvalue weighted by Crippen LogP contribution is -2.47. The van der Waals surface area contributed by atoms with Gasteiger partial charge in [0.15, 0.2) is 5.49 Å². The molecule has 5 rings (SSSR count). The Hall–Kier alpha value is -3.50. The van der Waals surface area contributed by atoms with Crippen molar-refractivity contribution in [3.63, 3.8) is 0 Å². The van der Waals surface area contributed by atoms with Crippen LogP contribution in [0.5, 0.6) is 0 Å². The van der Waals surface area contributed by atoms with E-state index < -0.39 is 5.56 Å². The van der Waals surface area contributed by atoms with Crippen molar-refractivity contribution >= 4 is 40.3 Å². The smallest absolute Gasteiger partial charge is 0.283 e. The van der Waals surface area contributed by atoms with Gasteiger partial charge in [-0.15, -0.1) is 0 Å². The predicted molar refractivity (Wildman–Crippen MR) is 117 cm³/mol. The van der Waals surface area contributed by atoms with Gasteiger partial charge in [0, 0.05) is 41.3 Å². The highest BCUT2D eigenvalue weighted by Gasteiger charge is 2.16. The maximum absolute atomic E-state index is 12.7. The van der Waals surface area contributed by atoms with Crippen LogP contribution in [0.25, 0.3) is 28.2 Å². The molecule has 1 aromatic carbocycles. The highest BCUT2D eigenvalue weighted by Crippen LogP contribution is 2.21. The Morgan fingerprint density at radius 2 is 2.06 bits per heavy atom. The monoisotopic (exact) mass is 436 g/mol. The van der Waals surface area contributed by atoms with Gasteiger partial charge in [-0.05, 0) is 19.1 Å². The summed E-state index contributed by atoms with van der Waals surface area (Å²) in [6, 6.07) is 7.81. The Balaban J connectivity index is 1.64. The molecule has 3 N–H and O–H groups in total. The van der Waals surface area contributed by atoms with E-state index in [0.29, 0.717) is 36.1 Å². The third-order valence-electron chi connectivity index (χ3n) is 5.33. The topological polar surface area (TPSA) is 120 Å². The Morgan fingerprint density at radius 1 is 1.29 bits per heavy atom. The van der Waals surface area contributed by atoms with Gasteiger partial charge in [-0.25, -0.2) is 4.68 Å². The second kappa shape index (κ2) is 7.64.